The van der Waals surface area contributed by atoms with Crippen molar-refractivity contribution in [3.8, 4) is 0 Å². The summed E-state index contributed by atoms with van der Waals surface area (Å²) in [6.45, 7) is 5.20. The van der Waals surface area contributed by atoms with E-state index in [1.54, 1.807) is 0 Å². The second-order valence-electron chi connectivity index (χ2n) is 6.76. The van der Waals surface area contributed by atoms with Crippen LogP contribution in [0.15, 0.2) is 42.5 Å². The Morgan fingerprint density at radius 1 is 0.792 bits per heavy atom. The van der Waals surface area contributed by atoms with Gasteiger partial charge in [0.2, 0.25) is 0 Å². The Morgan fingerprint density at radius 3 is 1.88 bits per heavy atom. The molecule has 24 heavy (non-hydrogen) atoms. The molecular formula is C23H38O. The maximum atomic E-state index is 6.06. The summed E-state index contributed by atoms with van der Waals surface area (Å²) in [7, 11) is 0. The molecule has 136 valence electrons. The average Bonchev–Trinajstić information content (AvgIpc) is 2.62. The highest BCUT2D eigenvalue weighted by atomic mass is 16.5. The Bertz CT molecular complexity index is 396. The Labute approximate surface area is 150 Å². The first-order valence-electron chi connectivity index (χ1n) is 10.2. The summed E-state index contributed by atoms with van der Waals surface area (Å²) < 4.78 is 6.06. The van der Waals surface area contributed by atoms with Crippen molar-refractivity contribution >= 4 is 0 Å². The first kappa shape index (κ1) is 21.0. The van der Waals surface area contributed by atoms with Crippen LogP contribution in [-0.2, 0) is 4.74 Å². The van der Waals surface area contributed by atoms with E-state index in [9.17, 15) is 0 Å². The maximum absolute atomic E-state index is 6.06. The molecule has 1 nitrogen and oxygen atoms in total. The molecule has 0 aliphatic heterocycles. The molecule has 1 aromatic rings. The van der Waals surface area contributed by atoms with Gasteiger partial charge in [-0.05, 0) is 18.9 Å². The Morgan fingerprint density at radius 2 is 1.33 bits per heavy atom. The van der Waals surface area contributed by atoms with Crippen LogP contribution in [0.3, 0.4) is 0 Å². The van der Waals surface area contributed by atoms with Crippen molar-refractivity contribution < 1.29 is 4.74 Å². The van der Waals surface area contributed by atoms with E-state index in [0.717, 1.165) is 6.61 Å². The zero-order chi connectivity index (χ0) is 17.3. The van der Waals surface area contributed by atoms with Gasteiger partial charge in [0.15, 0.2) is 0 Å². The van der Waals surface area contributed by atoms with Crippen molar-refractivity contribution in [1.82, 2.24) is 0 Å². The Kier molecular flexibility index (Phi) is 13.5. The number of rotatable bonds is 15. The summed E-state index contributed by atoms with van der Waals surface area (Å²) in [5, 5.41) is 0. The first-order valence-corrected chi connectivity index (χ1v) is 10.2. The van der Waals surface area contributed by atoms with Gasteiger partial charge in [-0.2, -0.15) is 0 Å². The molecule has 0 bridgehead atoms. The fourth-order valence-corrected chi connectivity index (χ4v) is 3.06. The van der Waals surface area contributed by atoms with Gasteiger partial charge in [0.1, 0.15) is 6.10 Å². The van der Waals surface area contributed by atoms with Crippen LogP contribution < -0.4 is 0 Å². The van der Waals surface area contributed by atoms with E-state index in [1.807, 2.05) is 0 Å². The molecule has 0 saturated carbocycles. The highest BCUT2D eigenvalue weighted by Gasteiger charge is 2.06. The molecule has 0 aliphatic rings. The lowest BCUT2D eigenvalue weighted by atomic mass is 10.1. The van der Waals surface area contributed by atoms with Crippen molar-refractivity contribution in [3.05, 3.63) is 48.0 Å². The zero-order valence-corrected chi connectivity index (χ0v) is 16.0. The van der Waals surface area contributed by atoms with Crippen LogP contribution in [0.4, 0.5) is 0 Å². The summed E-state index contributed by atoms with van der Waals surface area (Å²) in [5.74, 6) is 0. The molecule has 0 saturated heterocycles. The van der Waals surface area contributed by atoms with Crippen LogP contribution in [0.25, 0.3) is 0 Å². The second-order valence-corrected chi connectivity index (χ2v) is 6.76. The van der Waals surface area contributed by atoms with Crippen LogP contribution in [0.2, 0.25) is 0 Å². The van der Waals surface area contributed by atoms with Crippen molar-refractivity contribution in [2.45, 2.75) is 90.6 Å². The number of ether oxygens (including phenoxy) is 1. The van der Waals surface area contributed by atoms with Crippen molar-refractivity contribution in [1.29, 1.82) is 0 Å². The highest BCUT2D eigenvalue weighted by molar-refractivity contribution is 5.21. The quantitative estimate of drug-likeness (QED) is 0.237. The molecule has 1 unspecified atom stereocenters. The fourth-order valence-electron chi connectivity index (χ4n) is 3.06. The molecule has 0 fully saturated rings. The van der Waals surface area contributed by atoms with E-state index < -0.39 is 0 Å². The van der Waals surface area contributed by atoms with E-state index in [2.05, 4.69) is 56.3 Å². The van der Waals surface area contributed by atoms with E-state index in [0.29, 0.717) is 0 Å². The summed E-state index contributed by atoms with van der Waals surface area (Å²) in [6.07, 6.45) is 19.5. The minimum Gasteiger partial charge on any atom is -0.369 e. The van der Waals surface area contributed by atoms with Gasteiger partial charge < -0.3 is 4.74 Å². The molecule has 1 aromatic carbocycles. The number of allylic oxidation sites excluding steroid dienone is 1. The molecule has 0 spiro atoms. The molecule has 1 rings (SSSR count). The van der Waals surface area contributed by atoms with Crippen molar-refractivity contribution in [2.75, 3.05) is 6.61 Å². The minimum absolute atomic E-state index is 0.110. The highest BCUT2D eigenvalue weighted by Crippen LogP contribution is 2.19. The van der Waals surface area contributed by atoms with Gasteiger partial charge in [0.05, 0.1) is 0 Å². The fraction of sp³-hybridized carbons (Fsp3) is 0.652. The van der Waals surface area contributed by atoms with E-state index in [-0.39, 0.29) is 6.10 Å². The topological polar surface area (TPSA) is 9.23 Å². The van der Waals surface area contributed by atoms with E-state index in [4.69, 9.17) is 4.74 Å². The maximum Gasteiger partial charge on any atom is 0.101 e. The van der Waals surface area contributed by atoms with Crippen molar-refractivity contribution in [2.24, 2.45) is 0 Å². The van der Waals surface area contributed by atoms with Crippen molar-refractivity contribution in [3.63, 3.8) is 0 Å². The predicted molar refractivity (Wildman–Crippen MR) is 106 cm³/mol. The predicted octanol–water partition coefficient (Wildman–Crippen LogP) is 7.63. The summed E-state index contributed by atoms with van der Waals surface area (Å²) >= 11 is 0. The first-order chi connectivity index (χ1) is 11.9. The largest absolute Gasteiger partial charge is 0.369 e. The van der Waals surface area contributed by atoms with E-state index >= 15 is 0 Å². The molecule has 0 amide bonds. The number of hydrogen-bond acceptors (Lipinski definition) is 1. The van der Waals surface area contributed by atoms with Crippen LogP contribution in [-0.4, -0.2) is 6.61 Å². The third-order valence-corrected chi connectivity index (χ3v) is 4.54. The Balaban J connectivity index is 1.99. The summed E-state index contributed by atoms with van der Waals surface area (Å²) in [6, 6.07) is 10.5. The molecule has 1 atom stereocenters. The molecule has 0 heterocycles. The lowest BCUT2D eigenvalue weighted by molar-refractivity contribution is 0.0818. The lowest BCUT2D eigenvalue weighted by Crippen LogP contribution is -2.03. The molecule has 0 radical (unpaired) electrons. The van der Waals surface area contributed by atoms with Gasteiger partial charge >= 0.3 is 0 Å². The Hall–Kier alpha value is -1.08. The van der Waals surface area contributed by atoms with Crippen LogP contribution >= 0.6 is 0 Å². The van der Waals surface area contributed by atoms with E-state index in [1.165, 1.54) is 76.2 Å². The molecular weight excluding hydrogens is 292 g/mol. The monoisotopic (exact) mass is 330 g/mol. The van der Waals surface area contributed by atoms with Crippen LogP contribution in [0.1, 0.15) is 96.1 Å². The van der Waals surface area contributed by atoms with Crippen LogP contribution in [0.5, 0.6) is 0 Å². The molecule has 0 aliphatic carbocycles. The molecule has 1 heteroatoms. The molecule has 0 N–H and O–H groups in total. The summed E-state index contributed by atoms with van der Waals surface area (Å²) in [5.41, 5.74) is 1.25. The third kappa shape index (κ3) is 10.6. The summed E-state index contributed by atoms with van der Waals surface area (Å²) in [4.78, 5) is 0. The number of hydrogen-bond donors (Lipinski definition) is 0. The van der Waals surface area contributed by atoms with Gasteiger partial charge in [-0.15, -0.1) is 0 Å². The van der Waals surface area contributed by atoms with Crippen LogP contribution in [0, 0.1) is 0 Å². The minimum atomic E-state index is 0.110. The SMILES string of the molecule is CC=CC(OCCCCCCCCCCCCC)c1ccccc1. The lowest BCUT2D eigenvalue weighted by Gasteiger charge is -2.14. The zero-order valence-electron chi connectivity index (χ0n) is 16.0. The molecule has 0 aromatic heterocycles. The van der Waals surface area contributed by atoms with Gasteiger partial charge in [-0.3, -0.25) is 0 Å². The van der Waals surface area contributed by atoms with Gasteiger partial charge in [-0.25, -0.2) is 0 Å². The third-order valence-electron chi connectivity index (χ3n) is 4.54. The van der Waals surface area contributed by atoms with Gasteiger partial charge in [-0.1, -0.05) is 114 Å². The number of unbranched alkanes of at least 4 members (excludes halogenated alkanes) is 10. The number of benzene rings is 1. The van der Waals surface area contributed by atoms with Gasteiger partial charge in [0, 0.05) is 6.61 Å². The average molecular weight is 331 g/mol. The standard InChI is InChI=1S/C23H38O/c1-3-5-6-7-8-9-10-11-12-13-17-21-24-23(18-4-2)22-19-15-14-16-20-22/h4,14-16,18-20,23H,3,5-13,17,21H2,1-2H3. The second kappa shape index (κ2) is 15.4. The normalized spacial score (nSPS) is 12.8. The smallest absolute Gasteiger partial charge is 0.101 e. The van der Waals surface area contributed by atoms with Gasteiger partial charge in [0.25, 0.3) is 0 Å².